The standard InChI is InChI=1S/C23H33N5O4S/c1-18-25-22(17-26(18)2)33(30,31)28-10-8-20(9-11-28)23(29)24-14-21-16-27(12-13-32-21)15-19-6-4-3-5-7-19/h3-7,17,20-21H,8-16H2,1-2H3,(H,24,29). The molecule has 0 spiro atoms. The molecule has 1 atom stereocenters. The zero-order valence-electron chi connectivity index (χ0n) is 19.3. The molecule has 0 aliphatic carbocycles. The van der Waals surface area contributed by atoms with Crippen molar-refractivity contribution >= 4 is 15.9 Å². The molecule has 2 saturated heterocycles. The summed E-state index contributed by atoms with van der Waals surface area (Å²) >= 11 is 0. The van der Waals surface area contributed by atoms with Crippen molar-refractivity contribution in [1.82, 2.24) is 24.1 Å². The lowest BCUT2D eigenvalue weighted by molar-refractivity contribution is -0.127. The number of piperidine rings is 1. The molecule has 33 heavy (non-hydrogen) atoms. The Morgan fingerprint density at radius 1 is 1.18 bits per heavy atom. The quantitative estimate of drug-likeness (QED) is 0.645. The van der Waals surface area contributed by atoms with Crippen molar-refractivity contribution in [1.29, 1.82) is 0 Å². The molecule has 2 fully saturated rings. The summed E-state index contributed by atoms with van der Waals surface area (Å²) in [7, 11) is -1.86. The second kappa shape index (κ2) is 10.3. The number of amides is 1. The van der Waals surface area contributed by atoms with Crippen LogP contribution in [0, 0.1) is 12.8 Å². The largest absolute Gasteiger partial charge is 0.374 e. The number of ether oxygens (including phenoxy) is 1. The fraction of sp³-hybridized carbons (Fsp3) is 0.565. The highest BCUT2D eigenvalue weighted by atomic mass is 32.2. The van der Waals surface area contributed by atoms with E-state index in [0.29, 0.717) is 44.9 Å². The van der Waals surface area contributed by atoms with Gasteiger partial charge in [-0.3, -0.25) is 9.69 Å². The number of sulfonamides is 1. The summed E-state index contributed by atoms with van der Waals surface area (Å²) in [6, 6.07) is 10.3. The molecule has 180 valence electrons. The molecule has 9 nitrogen and oxygen atoms in total. The Morgan fingerprint density at radius 3 is 2.58 bits per heavy atom. The number of aromatic nitrogens is 2. The van der Waals surface area contributed by atoms with Crippen LogP contribution in [0.1, 0.15) is 24.2 Å². The molecule has 1 aromatic heterocycles. The maximum absolute atomic E-state index is 12.9. The molecule has 0 saturated carbocycles. The first kappa shape index (κ1) is 23.9. The number of benzene rings is 1. The Labute approximate surface area is 195 Å². The van der Waals surface area contributed by atoms with Gasteiger partial charge in [0.15, 0.2) is 5.03 Å². The van der Waals surface area contributed by atoms with Crippen LogP contribution < -0.4 is 5.32 Å². The average molecular weight is 476 g/mol. The smallest absolute Gasteiger partial charge is 0.262 e. The number of hydrogen-bond donors (Lipinski definition) is 1. The third-order valence-electron chi connectivity index (χ3n) is 6.49. The summed E-state index contributed by atoms with van der Waals surface area (Å²) in [4.78, 5) is 19.2. The predicted molar refractivity (Wildman–Crippen MR) is 124 cm³/mol. The number of carbonyl (C=O) groups is 1. The van der Waals surface area contributed by atoms with Crippen LogP contribution in [-0.4, -0.2) is 78.5 Å². The highest BCUT2D eigenvalue weighted by Gasteiger charge is 2.34. The summed E-state index contributed by atoms with van der Waals surface area (Å²) in [5.74, 6) is 0.436. The van der Waals surface area contributed by atoms with Crippen LogP contribution in [0.25, 0.3) is 0 Å². The van der Waals surface area contributed by atoms with Crippen molar-refractivity contribution < 1.29 is 17.9 Å². The number of aryl methyl sites for hydroxylation is 2. The third kappa shape index (κ3) is 5.81. The van der Waals surface area contributed by atoms with Crippen molar-refractivity contribution in [3.63, 3.8) is 0 Å². The Bertz CT molecular complexity index is 1030. The second-order valence-electron chi connectivity index (χ2n) is 8.87. The second-order valence-corrected chi connectivity index (χ2v) is 10.8. The molecule has 2 aliphatic rings. The van der Waals surface area contributed by atoms with Crippen LogP contribution in [0.4, 0.5) is 0 Å². The maximum atomic E-state index is 12.9. The van der Waals surface area contributed by atoms with Gasteiger partial charge in [-0.1, -0.05) is 30.3 Å². The molecular formula is C23H33N5O4S. The summed E-state index contributed by atoms with van der Waals surface area (Å²) in [6.45, 7) is 6.05. The van der Waals surface area contributed by atoms with Gasteiger partial charge >= 0.3 is 0 Å². The minimum absolute atomic E-state index is 0.0236. The maximum Gasteiger partial charge on any atom is 0.262 e. The molecule has 1 amide bonds. The van der Waals surface area contributed by atoms with E-state index in [-0.39, 0.29) is 23.0 Å². The molecule has 1 N–H and O–H groups in total. The van der Waals surface area contributed by atoms with Crippen molar-refractivity contribution in [2.75, 3.05) is 39.3 Å². The van der Waals surface area contributed by atoms with E-state index in [4.69, 9.17) is 4.74 Å². The van der Waals surface area contributed by atoms with E-state index < -0.39 is 10.0 Å². The zero-order valence-corrected chi connectivity index (χ0v) is 20.1. The van der Waals surface area contributed by atoms with Crippen LogP contribution in [-0.2, 0) is 33.1 Å². The fourth-order valence-electron chi connectivity index (χ4n) is 4.39. The molecule has 10 heteroatoms. The molecular weight excluding hydrogens is 442 g/mol. The topological polar surface area (TPSA) is 96.8 Å². The molecule has 0 radical (unpaired) electrons. The first-order valence-electron chi connectivity index (χ1n) is 11.5. The monoisotopic (exact) mass is 475 g/mol. The van der Waals surface area contributed by atoms with E-state index in [9.17, 15) is 13.2 Å². The summed E-state index contributed by atoms with van der Waals surface area (Å²) in [5, 5.41) is 3.10. The molecule has 3 heterocycles. The number of hydrogen-bond acceptors (Lipinski definition) is 6. The van der Waals surface area contributed by atoms with Crippen LogP contribution in [0.2, 0.25) is 0 Å². The lowest BCUT2D eigenvalue weighted by Gasteiger charge is -2.34. The SMILES string of the molecule is Cc1nc(S(=O)(=O)N2CCC(C(=O)NCC3CN(Cc4ccccc4)CCO3)CC2)cn1C. The number of nitrogens with one attached hydrogen (secondary N) is 1. The number of nitrogens with zero attached hydrogens (tertiary/aromatic N) is 4. The van der Waals surface area contributed by atoms with E-state index in [2.05, 4.69) is 27.3 Å². The van der Waals surface area contributed by atoms with Crippen molar-refractivity contribution in [2.24, 2.45) is 13.0 Å². The van der Waals surface area contributed by atoms with Crippen molar-refractivity contribution in [2.45, 2.75) is 37.4 Å². The van der Waals surface area contributed by atoms with Crippen molar-refractivity contribution in [3.05, 3.63) is 47.9 Å². The van der Waals surface area contributed by atoms with Crippen LogP contribution in [0.3, 0.4) is 0 Å². The van der Waals surface area contributed by atoms with Gasteiger partial charge in [0, 0.05) is 58.4 Å². The minimum atomic E-state index is -3.63. The molecule has 2 aromatic rings. The molecule has 2 aliphatic heterocycles. The summed E-state index contributed by atoms with van der Waals surface area (Å²) in [6.07, 6.45) is 2.50. The highest BCUT2D eigenvalue weighted by Crippen LogP contribution is 2.23. The predicted octanol–water partition coefficient (Wildman–Crippen LogP) is 1.15. The zero-order chi connectivity index (χ0) is 23.4. The molecule has 1 aromatic carbocycles. The Hall–Kier alpha value is -2.27. The van der Waals surface area contributed by atoms with E-state index in [1.165, 1.54) is 16.1 Å². The van der Waals surface area contributed by atoms with Gasteiger partial charge < -0.3 is 14.6 Å². The Kier molecular flexibility index (Phi) is 7.48. The number of morpholine rings is 1. The van der Waals surface area contributed by atoms with Gasteiger partial charge in [-0.2, -0.15) is 4.31 Å². The normalized spacial score (nSPS) is 21.2. The van der Waals surface area contributed by atoms with E-state index in [1.807, 2.05) is 18.2 Å². The van der Waals surface area contributed by atoms with Gasteiger partial charge in [0.2, 0.25) is 5.91 Å². The molecule has 0 bridgehead atoms. The lowest BCUT2D eigenvalue weighted by atomic mass is 9.97. The van der Waals surface area contributed by atoms with Crippen LogP contribution >= 0.6 is 0 Å². The van der Waals surface area contributed by atoms with Crippen molar-refractivity contribution in [3.8, 4) is 0 Å². The third-order valence-corrected chi connectivity index (χ3v) is 8.26. The van der Waals surface area contributed by atoms with Crippen LogP contribution in [0.5, 0.6) is 0 Å². The average Bonchev–Trinajstić information content (AvgIpc) is 3.17. The first-order valence-corrected chi connectivity index (χ1v) is 12.9. The minimum Gasteiger partial charge on any atom is -0.374 e. The number of rotatable bonds is 7. The number of carbonyl (C=O) groups excluding carboxylic acids is 1. The fourth-order valence-corrected chi connectivity index (χ4v) is 5.88. The lowest BCUT2D eigenvalue weighted by Crippen LogP contribution is -2.49. The van der Waals surface area contributed by atoms with E-state index in [1.54, 1.807) is 18.5 Å². The van der Waals surface area contributed by atoms with Gasteiger partial charge in [-0.25, -0.2) is 13.4 Å². The van der Waals surface area contributed by atoms with Gasteiger partial charge in [-0.05, 0) is 25.3 Å². The van der Waals surface area contributed by atoms with E-state index in [0.717, 1.165) is 19.6 Å². The van der Waals surface area contributed by atoms with Crippen LogP contribution in [0.15, 0.2) is 41.6 Å². The van der Waals surface area contributed by atoms with Gasteiger partial charge in [0.05, 0.1) is 12.7 Å². The Balaban J connectivity index is 1.23. The van der Waals surface area contributed by atoms with E-state index >= 15 is 0 Å². The van der Waals surface area contributed by atoms with Gasteiger partial charge in [-0.15, -0.1) is 0 Å². The molecule has 4 rings (SSSR count). The van der Waals surface area contributed by atoms with Gasteiger partial charge in [0.25, 0.3) is 10.0 Å². The summed E-state index contributed by atoms with van der Waals surface area (Å²) in [5.41, 5.74) is 1.27. The highest BCUT2D eigenvalue weighted by molar-refractivity contribution is 7.89. The number of imidazole rings is 1. The Morgan fingerprint density at radius 2 is 1.91 bits per heavy atom. The summed E-state index contributed by atoms with van der Waals surface area (Å²) < 4.78 is 34.7. The van der Waals surface area contributed by atoms with Gasteiger partial charge in [0.1, 0.15) is 5.82 Å². The molecule has 1 unspecified atom stereocenters. The first-order chi connectivity index (χ1) is 15.8.